The molecule has 0 aliphatic heterocycles. The van der Waals surface area contributed by atoms with E-state index in [-0.39, 0.29) is 0 Å². The summed E-state index contributed by atoms with van der Waals surface area (Å²) in [5, 5.41) is 17.0. The van der Waals surface area contributed by atoms with Crippen molar-refractivity contribution in [3.8, 4) is 169 Å². The number of thiophene rings is 1. The molecule has 0 radical (unpaired) electrons. The maximum atomic E-state index is 5.24. The smallest absolute Gasteiger partial charge is 0.165 e. The van der Waals surface area contributed by atoms with Crippen LogP contribution in [0.15, 0.2) is 498 Å². The summed E-state index contributed by atoms with van der Waals surface area (Å²) < 4.78 is 2.43. The van der Waals surface area contributed by atoms with Crippen molar-refractivity contribution >= 4 is 96.1 Å². The standard InChI is InChI=1S/C49H31N3.C40H26N4.C39H25N3S/c1-3-13-32(14-4-1)34-23-27-36(28-24-34)47-50-48(37-29-25-35(26-30-37)33-15-5-2-6-16-33)52-49(51-47)45-31-44-40-19-8-7-17-38(40)39-18-9-11-21-42(39)46(44)43-22-12-10-20-41(43)45;1-3-11-28(12-4-1)38-42-39(29-13-5-2-6-14-29)44-40(43-38)33-24-31(27-19-21-41-22-20-27)23-32(25-33)37-26-30-15-7-8-16-34(30)35-17-9-10-18-36(35)37;1-3-14-26(15-4-1)28-18-7-9-21-32(28)37-40-38(33-22-10-8-19-29(33)27-16-5-2-6-17-27)42-39(41-37)34-24-13-23-31-30-20-11-12-25-35(30)43-36(31)34/h1-31H;1-26H;1-25H. The normalized spacial score (nSPS) is 11.3. The molecule has 0 aliphatic rings. The number of hydrogen-bond acceptors (Lipinski definition) is 11. The summed E-state index contributed by atoms with van der Waals surface area (Å²) in [4.78, 5) is 50.4. The molecule has 0 aliphatic carbocycles. The second-order valence-electron chi connectivity index (χ2n) is 34.4. The van der Waals surface area contributed by atoms with Gasteiger partial charge < -0.3 is 0 Å². The van der Waals surface area contributed by atoms with Crippen LogP contribution >= 0.6 is 11.3 Å². The van der Waals surface area contributed by atoms with Crippen LogP contribution in [0.25, 0.3) is 254 Å². The molecule has 0 amide bonds. The van der Waals surface area contributed by atoms with Crippen molar-refractivity contribution in [2.45, 2.75) is 0 Å². The summed E-state index contributed by atoms with van der Waals surface area (Å²) in [7, 11) is 0. The van der Waals surface area contributed by atoms with Crippen molar-refractivity contribution in [1.29, 1.82) is 0 Å². The maximum absolute atomic E-state index is 5.24. The van der Waals surface area contributed by atoms with Crippen LogP contribution in [0.5, 0.6) is 0 Å². The van der Waals surface area contributed by atoms with Crippen molar-refractivity contribution in [2.75, 3.05) is 0 Å². The highest BCUT2D eigenvalue weighted by molar-refractivity contribution is 7.26. The van der Waals surface area contributed by atoms with Crippen LogP contribution in [0.3, 0.4) is 0 Å². The Morgan fingerprint density at radius 3 is 0.935 bits per heavy atom. The zero-order chi connectivity index (χ0) is 92.3. The molecule has 11 heteroatoms. The first-order valence-corrected chi connectivity index (χ1v) is 47.4. The summed E-state index contributed by atoms with van der Waals surface area (Å²) in [5.74, 6) is 5.81. The number of hydrogen-bond donors (Lipinski definition) is 0. The molecule has 0 unspecified atom stereocenters. The Bertz CT molecular complexity index is 8830. The number of pyridine rings is 1. The van der Waals surface area contributed by atoms with E-state index < -0.39 is 0 Å². The lowest BCUT2D eigenvalue weighted by atomic mass is 9.89. The van der Waals surface area contributed by atoms with Crippen LogP contribution in [0.2, 0.25) is 0 Å². The van der Waals surface area contributed by atoms with Crippen LogP contribution in [0, 0.1) is 0 Å². The van der Waals surface area contributed by atoms with Crippen molar-refractivity contribution in [1.82, 2.24) is 49.8 Å². The molecule has 0 fully saturated rings. The Kier molecular flexibility index (Phi) is 22.4. The van der Waals surface area contributed by atoms with Gasteiger partial charge in [-0.25, -0.2) is 44.9 Å². The van der Waals surface area contributed by atoms with Crippen molar-refractivity contribution in [2.24, 2.45) is 0 Å². The zero-order valence-electron chi connectivity index (χ0n) is 75.2. The van der Waals surface area contributed by atoms with Crippen LogP contribution in [-0.2, 0) is 0 Å². The van der Waals surface area contributed by atoms with Crippen molar-refractivity contribution < 1.29 is 0 Å². The summed E-state index contributed by atoms with van der Waals surface area (Å²) in [6.07, 6.45) is 3.66. The zero-order valence-corrected chi connectivity index (χ0v) is 76.0. The molecular formula is C128H82N10S. The van der Waals surface area contributed by atoms with Crippen LogP contribution in [-0.4, -0.2) is 49.8 Å². The van der Waals surface area contributed by atoms with E-state index in [4.69, 9.17) is 44.9 Å². The van der Waals surface area contributed by atoms with Gasteiger partial charge in [0.15, 0.2) is 52.4 Å². The fraction of sp³-hybridized carbons (Fsp3) is 0. The molecule has 0 N–H and O–H groups in total. The van der Waals surface area contributed by atoms with E-state index in [2.05, 4.69) is 393 Å². The monoisotopic (exact) mass is 1790 g/mol. The van der Waals surface area contributed by atoms with Gasteiger partial charge in [0.05, 0.1) is 0 Å². The molecular weight excluding hydrogens is 1710 g/mol. The average Bonchev–Trinajstić information content (AvgIpc) is 1.53. The van der Waals surface area contributed by atoms with Crippen LogP contribution in [0.1, 0.15) is 0 Å². The van der Waals surface area contributed by atoms with Gasteiger partial charge in [-0.05, 0) is 186 Å². The van der Waals surface area contributed by atoms with E-state index in [1.54, 1.807) is 11.3 Å². The van der Waals surface area contributed by atoms with Gasteiger partial charge in [-0.15, -0.1) is 11.3 Å². The minimum Gasteiger partial charge on any atom is -0.265 e. The maximum Gasteiger partial charge on any atom is 0.165 e. The Morgan fingerprint density at radius 2 is 0.432 bits per heavy atom. The number of fused-ring (bicyclic) bond motifs is 14. The van der Waals surface area contributed by atoms with E-state index >= 15 is 0 Å². The van der Waals surface area contributed by atoms with E-state index in [0.717, 1.165) is 111 Å². The molecule has 26 aromatic rings. The molecule has 5 heterocycles. The minimum atomic E-state index is 0.625. The summed E-state index contributed by atoms with van der Waals surface area (Å²) in [6.45, 7) is 0. The molecule has 0 saturated heterocycles. The number of aromatic nitrogens is 10. The molecule has 139 heavy (non-hydrogen) atoms. The molecule has 21 aromatic carbocycles. The summed E-state index contributed by atoms with van der Waals surface area (Å²) >= 11 is 1.79. The van der Waals surface area contributed by atoms with Gasteiger partial charge in [-0.2, -0.15) is 0 Å². The summed E-state index contributed by atoms with van der Waals surface area (Å²) in [5.41, 5.74) is 22.1. The predicted molar refractivity (Wildman–Crippen MR) is 577 cm³/mol. The molecule has 10 nitrogen and oxygen atoms in total. The molecule has 26 rings (SSSR count). The molecule has 5 aromatic heterocycles. The third-order valence-corrected chi connectivity index (χ3v) is 27.1. The quantitative estimate of drug-likeness (QED) is 0.0915. The van der Waals surface area contributed by atoms with Gasteiger partial charge in [0.1, 0.15) is 0 Å². The SMILES string of the molecule is c1ccc(-c2ccc(-c3nc(-c4ccc(-c5ccccc5)cc4)nc(-c4cc5c6ccccc6c6ccccc6c5c5ccccc45)n3)cc2)cc1.c1ccc(-c2ccccc2-c2nc(-c3ccccc3-c3ccccc3)nc(-c3cccc4c3sc3ccccc34)n2)cc1.c1ccc(-c2nc(-c3ccccc3)nc(-c3cc(-c4ccncc4)cc(-c4cc5ccccc5c5ccccc45)c3)n2)cc1. The second-order valence-corrected chi connectivity index (χ2v) is 35.4. The summed E-state index contributed by atoms with van der Waals surface area (Å²) in [6, 6.07) is 169. The fourth-order valence-corrected chi connectivity index (χ4v) is 20.4. The lowest BCUT2D eigenvalue weighted by molar-refractivity contribution is 1.07. The lowest BCUT2D eigenvalue weighted by Crippen LogP contribution is -2.02. The largest absolute Gasteiger partial charge is 0.265 e. The highest BCUT2D eigenvalue weighted by Crippen LogP contribution is 2.47. The Hall–Kier alpha value is -18.4. The van der Waals surface area contributed by atoms with Gasteiger partial charge in [0, 0.05) is 82.6 Å². The average molecular weight is 1790 g/mol. The van der Waals surface area contributed by atoms with Gasteiger partial charge in [-0.3, -0.25) is 4.98 Å². The predicted octanol–water partition coefficient (Wildman–Crippen LogP) is 33.3. The number of benzene rings is 21. The van der Waals surface area contributed by atoms with Crippen molar-refractivity contribution in [3.63, 3.8) is 0 Å². The third-order valence-electron chi connectivity index (χ3n) is 25.9. The first-order chi connectivity index (χ1) is 68.9. The third kappa shape index (κ3) is 16.6. The molecule has 0 atom stereocenters. The first kappa shape index (κ1) is 83.6. The fourth-order valence-electron chi connectivity index (χ4n) is 19.2. The Labute approximate surface area is 807 Å². The van der Waals surface area contributed by atoms with Gasteiger partial charge in [0.25, 0.3) is 0 Å². The van der Waals surface area contributed by atoms with Crippen LogP contribution in [0.4, 0.5) is 0 Å². The van der Waals surface area contributed by atoms with Gasteiger partial charge in [-0.1, -0.05) is 431 Å². The Balaban J connectivity index is 0.000000114. The topological polar surface area (TPSA) is 129 Å². The first-order valence-electron chi connectivity index (χ1n) is 46.5. The molecule has 0 bridgehead atoms. The van der Waals surface area contributed by atoms with Crippen LogP contribution < -0.4 is 0 Å². The molecule has 0 saturated carbocycles. The number of nitrogens with zero attached hydrogens (tertiary/aromatic N) is 10. The lowest BCUT2D eigenvalue weighted by Gasteiger charge is -2.16. The van der Waals surface area contributed by atoms with E-state index in [9.17, 15) is 0 Å². The van der Waals surface area contributed by atoms with Gasteiger partial charge >= 0.3 is 0 Å². The highest BCUT2D eigenvalue weighted by atomic mass is 32.1. The number of rotatable bonds is 15. The van der Waals surface area contributed by atoms with E-state index in [1.807, 2.05) is 109 Å². The minimum absolute atomic E-state index is 0.625. The van der Waals surface area contributed by atoms with E-state index in [1.165, 1.54) is 90.5 Å². The Morgan fingerprint density at radius 1 is 0.137 bits per heavy atom. The highest BCUT2D eigenvalue weighted by Gasteiger charge is 2.25. The molecule has 650 valence electrons. The van der Waals surface area contributed by atoms with Gasteiger partial charge in [0.2, 0.25) is 0 Å². The van der Waals surface area contributed by atoms with E-state index in [0.29, 0.717) is 52.4 Å². The molecule has 0 spiro atoms. The second kappa shape index (κ2) is 37.2. The van der Waals surface area contributed by atoms with Crippen molar-refractivity contribution in [3.05, 3.63) is 498 Å².